The van der Waals surface area contributed by atoms with Crippen LogP contribution in [-0.4, -0.2) is 20.6 Å². The highest BCUT2D eigenvalue weighted by atomic mass is 35.5. The fourth-order valence-electron chi connectivity index (χ4n) is 1.59. The van der Waals surface area contributed by atoms with E-state index >= 15 is 0 Å². The van der Waals surface area contributed by atoms with Crippen molar-refractivity contribution in [2.75, 3.05) is 11.8 Å². The first kappa shape index (κ1) is 14.5. The van der Waals surface area contributed by atoms with Gasteiger partial charge >= 0.3 is 0 Å². The van der Waals surface area contributed by atoms with Crippen molar-refractivity contribution >= 4 is 27.3 Å². The van der Waals surface area contributed by atoms with Crippen LogP contribution in [0.3, 0.4) is 0 Å². The molecule has 0 aliphatic carbocycles. The second-order valence-corrected chi connectivity index (χ2v) is 5.98. The number of anilines is 1. The zero-order valence-corrected chi connectivity index (χ0v) is 12.1. The third-order valence-electron chi connectivity index (χ3n) is 2.58. The molecule has 0 unspecified atom stereocenters. The molecule has 0 spiro atoms. The molecule has 5 nitrogen and oxygen atoms in total. The lowest BCUT2D eigenvalue weighted by Crippen LogP contribution is -2.13. The maximum absolute atomic E-state index is 12.2. The van der Waals surface area contributed by atoms with Crippen molar-refractivity contribution in [3.8, 4) is 11.5 Å². The minimum absolute atomic E-state index is 0.0470. The first-order valence-electron chi connectivity index (χ1n) is 5.58. The molecule has 0 saturated carbocycles. The van der Waals surface area contributed by atoms with E-state index in [1.165, 1.54) is 37.4 Å². The highest BCUT2D eigenvalue weighted by Crippen LogP contribution is 2.31. The van der Waals surface area contributed by atoms with Crippen LogP contribution in [0.15, 0.2) is 47.4 Å². The zero-order valence-electron chi connectivity index (χ0n) is 10.5. The van der Waals surface area contributed by atoms with E-state index in [9.17, 15) is 13.5 Å². The van der Waals surface area contributed by atoms with Gasteiger partial charge in [0.25, 0.3) is 10.0 Å². The van der Waals surface area contributed by atoms with Gasteiger partial charge in [-0.2, -0.15) is 0 Å². The van der Waals surface area contributed by atoms with Gasteiger partial charge in [0.05, 0.1) is 17.8 Å². The second kappa shape index (κ2) is 5.60. The molecular formula is C13H12ClNO4S. The Kier molecular flexibility index (Phi) is 4.06. The number of benzene rings is 2. The normalized spacial score (nSPS) is 11.1. The summed E-state index contributed by atoms with van der Waals surface area (Å²) in [6.45, 7) is 0. The van der Waals surface area contributed by atoms with Gasteiger partial charge in [-0.25, -0.2) is 8.42 Å². The topological polar surface area (TPSA) is 75.6 Å². The van der Waals surface area contributed by atoms with Gasteiger partial charge in [0.15, 0.2) is 0 Å². The van der Waals surface area contributed by atoms with E-state index in [0.29, 0.717) is 5.75 Å². The number of sulfonamides is 1. The average molecular weight is 314 g/mol. The second-order valence-electron chi connectivity index (χ2n) is 3.92. The fourth-order valence-corrected chi connectivity index (χ4v) is 3.18. The van der Waals surface area contributed by atoms with Gasteiger partial charge in [-0.1, -0.05) is 23.7 Å². The maximum Gasteiger partial charge on any atom is 0.263 e. The largest absolute Gasteiger partial charge is 0.506 e. The number of phenols is 1. The van der Waals surface area contributed by atoms with Crippen LogP contribution in [0.4, 0.5) is 5.69 Å². The van der Waals surface area contributed by atoms with E-state index in [2.05, 4.69) is 4.72 Å². The van der Waals surface area contributed by atoms with E-state index in [-0.39, 0.29) is 21.4 Å². The number of ether oxygens (including phenoxy) is 1. The summed E-state index contributed by atoms with van der Waals surface area (Å²) in [7, 11) is -2.42. The highest BCUT2D eigenvalue weighted by Gasteiger charge is 2.19. The molecule has 0 aliphatic rings. The summed E-state index contributed by atoms with van der Waals surface area (Å²) < 4.78 is 31.6. The van der Waals surface area contributed by atoms with Crippen LogP contribution in [-0.2, 0) is 10.0 Å². The predicted molar refractivity (Wildman–Crippen MR) is 76.9 cm³/mol. The Labute approximate surface area is 121 Å². The fraction of sp³-hybridized carbons (Fsp3) is 0.0769. The summed E-state index contributed by atoms with van der Waals surface area (Å²) in [4.78, 5) is -0.0584. The molecular weight excluding hydrogens is 302 g/mol. The Balaban J connectivity index is 2.36. The van der Waals surface area contributed by atoms with Gasteiger partial charge in [-0.3, -0.25) is 4.72 Å². The molecule has 2 aromatic rings. The molecule has 0 fully saturated rings. The lowest BCUT2D eigenvalue weighted by atomic mass is 10.3. The monoisotopic (exact) mass is 313 g/mol. The average Bonchev–Trinajstić information content (AvgIpc) is 2.41. The number of methoxy groups -OCH3 is 1. The molecule has 0 heterocycles. The van der Waals surface area contributed by atoms with E-state index < -0.39 is 10.0 Å². The van der Waals surface area contributed by atoms with Crippen LogP contribution in [0.25, 0.3) is 0 Å². The summed E-state index contributed by atoms with van der Waals surface area (Å²) in [5.41, 5.74) is 0.0470. The molecule has 0 bridgehead atoms. The Morgan fingerprint density at radius 1 is 1.20 bits per heavy atom. The molecule has 0 saturated heterocycles. The van der Waals surface area contributed by atoms with Crippen molar-refractivity contribution in [3.05, 3.63) is 47.5 Å². The summed E-state index contributed by atoms with van der Waals surface area (Å²) >= 11 is 5.86. The number of rotatable bonds is 4. The molecule has 7 heteroatoms. The number of hydrogen-bond acceptors (Lipinski definition) is 4. The first-order chi connectivity index (χ1) is 9.44. The van der Waals surface area contributed by atoms with Crippen molar-refractivity contribution in [1.82, 2.24) is 0 Å². The third-order valence-corrected chi connectivity index (χ3v) is 4.44. The molecule has 106 valence electrons. The van der Waals surface area contributed by atoms with E-state index in [0.717, 1.165) is 0 Å². The smallest absolute Gasteiger partial charge is 0.263 e. The predicted octanol–water partition coefficient (Wildman–Crippen LogP) is 2.86. The lowest BCUT2D eigenvalue weighted by molar-refractivity contribution is 0.408. The molecule has 0 aliphatic heterocycles. The van der Waals surface area contributed by atoms with Crippen molar-refractivity contribution in [2.45, 2.75) is 4.90 Å². The molecule has 0 atom stereocenters. The van der Waals surface area contributed by atoms with E-state index in [4.69, 9.17) is 16.3 Å². The van der Waals surface area contributed by atoms with Crippen LogP contribution >= 0.6 is 11.6 Å². The first-order valence-corrected chi connectivity index (χ1v) is 7.44. The summed E-state index contributed by atoms with van der Waals surface area (Å²) in [5.74, 6) is 0.183. The molecule has 2 aromatic carbocycles. The standard InChI is InChI=1S/C13H12ClNO4S/c1-19-9-6-7-11(12(16)8-9)15-20(17,18)13-5-3-2-4-10(13)14/h2-8,15-16H,1H3. The SMILES string of the molecule is COc1ccc(NS(=O)(=O)c2ccccc2Cl)c(O)c1. The van der Waals surface area contributed by atoms with E-state index in [1.54, 1.807) is 12.1 Å². The van der Waals surface area contributed by atoms with E-state index in [1.807, 2.05) is 0 Å². The van der Waals surface area contributed by atoms with Crippen molar-refractivity contribution in [2.24, 2.45) is 0 Å². The minimum Gasteiger partial charge on any atom is -0.506 e. The Hall–Kier alpha value is -1.92. The molecule has 0 aromatic heterocycles. The number of aromatic hydroxyl groups is 1. The molecule has 2 rings (SSSR count). The van der Waals surface area contributed by atoms with Crippen LogP contribution in [0.1, 0.15) is 0 Å². The van der Waals surface area contributed by atoms with Gasteiger partial charge in [-0.05, 0) is 24.3 Å². The lowest BCUT2D eigenvalue weighted by Gasteiger charge is -2.11. The quantitative estimate of drug-likeness (QED) is 0.851. The van der Waals surface area contributed by atoms with Crippen molar-refractivity contribution < 1.29 is 18.3 Å². The summed E-state index contributed by atoms with van der Waals surface area (Å²) in [6.07, 6.45) is 0. The van der Waals surface area contributed by atoms with Crippen molar-refractivity contribution in [1.29, 1.82) is 0 Å². The van der Waals surface area contributed by atoms with Gasteiger partial charge in [0, 0.05) is 6.07 Å². The van der Waals surface area contributed by atoms with Crippen LogP contribution in [0.2, 0.25) is 5.02 Å². The Morgan fingerprint density at radius 3 is 2.50 bits per heavy atom. The molecule has 20 heavy (non-hydrogen) atoms. The van der Waals surface area contributed by atoms with Gasteiger partial charge < -0.3 is 9.84 Å². The zero-order chi connectivity index (χ0) is 14.8. The van der Waals surface area contributed by atoms with Crippen LogP contribution in [0.5, 0.6) is 11.5 Å². The van der Waals surface area contributed by atoms with Gasteiger partial charge in [-0.15, -0.1) is 0 Å². The van der Waals surface area contributed by atoms with Gasteiger partial charge in [0.2, 0.25) is 0 Å². The molecule has 2 N–H and O–H groups in total. The van der Waals surface area contributed by atoms with Gasteiger partial charge in [0.1, 0.15) is 16.4 Å². The Bertz CT molecular complexity index is 731. The molecule has 0 radical (unpaired) electrons. The van der Waals surface area contributed by atoms with Crippen LogP contribution in [0, 0.1) is 0 Å². The highest BCUT2D eigenvalue weighted by molar-refractivity contribution is 7.92. The summed E-state index contributed by atoms with van der Waals surface area (Å²) in [6, 6.07) is 10.3. The minimum atomic E-state index is -3.87. The van der Waals surface area contributed by atoms with Crippen LogP contribution < -0.4 is 9.46 Å². The number of hydrogen-bond donors (Lipinski definition) is 2. The Morgan fingerprint density at radius 2 is 1.90 bits per heavy atom. The summed E-state index contributed by atoms with van der Waals surface area (Å²) in [5, 5.41) is 9.87. The maximum atomic E-state index is 12.2. The third kappa shape index (κ3) is 2.97. The number of phenolic OH excluding ortho intramolecular Hbond substituents is 1. The van der Waals surface area contributed by atoms with Crippen molar-refractivity contribution in [3.63, 3.8) is 0 Å². The number of halogens is 1. The number of nitrogens with one attached hydrogen (secondary N) is 1. The molecule has 0 amide bonds.